The second kappa shape index (κ2) is 14.1. The van der Waals surface area contributed by atoms with Gasteiger partial charge in [-0.25, -0.2) is 0 Å². The van der Waals surface area contributed by atoms with Crippen molar-refractivity contribution < 1.29 is 5.11 Å². The van der Waals surface area contributed by atoms with Gasteiger partial charge in [0.2, 0.25) is 0 Å². The molecule has 0 saturated heterocycles. The Labute approximate surface area is 150 Å². The van der Waals surface area contributed by atoms with Crippen molar-refractivity contribution in [3.05, 3.63) is 29.3 Å². The first-order valence-corrected chi connectivity index (χ1v) is 12.2. The lowest BCUT2D eigenvalue weighted by Gasteiger charge is -2.36. The molecule has 0 aliphatic rings. The molecule has 1 radical (unpaired) electrons. The summed E-state index contributed by atoms with van der Waals surface area (Å²) in [6.45, 7) is 9.46. The Bertz CT molecular complexity index is 356. The first kappa shape index (κ1) is 22.7. The highest BCUT2D eigenvalue weighted by Crippen LogP contribution is 2.60. The molecule has 0 aliphatic heterocycles. The zero-order valence-corrected chi connectivity index (χ0v) is 17.3. The maximum absolute atomic E-state index is 8.73. The van der Waals surface area contributed by atoms with Gasteiger partial charge in [0.25, 0.3) is 0 Å². The normalized spacial score (nSPS) is 11.0. The van der Waals surface area contributed by atoms with E-state index >= 15 is 0 Å². The number of hydrogen-bond acceptors (Lipinski definition) is 1. The molecule has 135 valence electrons. The van der Waals surface area contributed by atoms with Crippen LogP contribution in [-0.4, -0.2) is 29.8 Å². The van der Waals surface area contributed by atoms with Crippen molar-refractivity contribution in [3.8, 4) is 5.75 Å². The summed E-state index contributed by atoms with van der Waals surface area (Å²) in [7, 11) is -0.527. The van der Waals surface area contributed by atoms with Gasteiger partial charge in [0.15, 0.2) is 0 Å². The number of aromatic hydroxyl groups is 1. The fourth-order valence-corrected chi connectivity index (χ4v) is 7.53. The van der Waals surface area contributed by atoms with Crippen LogP contribution in [0.5, 0.6) is 5.75 Å². The molecule has 0 atom stereocenters. The van der Waals surface area contributed by atoms with E-state index < -0.39 is 7.26 Å². The van der Waals surface area contributed by atoms with E-state index in [0.29, 0.717) is 5.02 Å². The Morgan fingerprint density at radius 3 is 1.61 bits per heavy atom. The lowest BCUT2D eigenvalue weighted by atomic mass is 10.3. The third-order valence-corrected chi connectivity index (χ3v) is 9.81. The van der Waals surface area contributed by atoms with Crippen LogP contribution < -0.4 is 0 Å². The van der Waals surface area contributed by atoms with Crippen molar-refractivity contribution >= 4 is 18.9 Å². The van der Waals surface area contributed by atoms with Gasteiger partial charge in [0, 0.05) is 5.02 Å². The van der Waals surface area contributed by atoms with Crippen LogP contribution in [-0.2, 0) is 0 Å². The van der Waals surface area contributed by atoms with Gasteiger partial charge in [-0.3, -0.25) is 0 Å². The van der Waals surface area contributed by atoms with E-state index in [1.54, 1.807) is 36.7 Å². The molecular weight excluding hydrogens is 323 g/mol. The summed E-state index contributed by atoms with van der Waals surface area (Å²) >= 11 is 5.48. The van der Waals surface area contributed by atoms with E-state index in [2.05, 4.69) is 27.7 Å². The topological polar surface area (TPSA) is 20.2 Å². The average Bonchev–Trinajstić information content (AvgIpc) is 2.55. The van der Waals surface area contributed by atoms with Crippen molar-refractivity contribution in [2.45, 2.75) is 66.2 Å². The predicted molar refractivity (Wildman–Crippen MR) is 110 cm³/mol. The zero-order valence-electron chi connectivity index (χ0n) is 15.7. The van der Waals surface area contributed by atoms with Gasteiger partial charge in [-0.2, -0.15) is 0 Å². The van der Waals surface area contributed by atoms with Gasteiger partial charge in [-0.1, -0.05) is 64.6 Å². The van der Waals surface area contributed by atoms with Crippen molar-refractivity contribution in [2.24, 2.45) is 0 Å². The minimum Gasteiger partial charge on any atom is -0.508 e. The van der Waals surface area contributed by atoms with E-state index in [-0.39, 0.29) is 5.75 Å². The van der Waals surface area contributed by atoms with Crippen molar-refractivity contribution in [2.75, 3.05) is 24.6 Å². The number of unbranched alkanes of at least 4 members (excludes halogenated alkanes) is 3. The Kier molecular flexibility index (Phi) is 14.0. The zero-order chi connectivity index (χ0) is 17.6. The summed E-state index contributed by atoms with van der Waals surface area (Å²) in [6, 6.07) is 6.46. The van der Waals surface area contributed by atoms with Crippen molar-refractivity contribution in [3.63, 3.8) is 0 Å². The standard InChI is InChI=1S/C14H32P.C6H5ClO/c1-5-9-12-15(8-4,13-10-6-2)14-11-7-3;7-5-2-1-3-6(8)4-5/h5-14H2,1-4H3;1-4,8H. The molecule has 1 nitrogen and oxygen atoms in total. The minimum absolute atomic E-state index is 0.206. The molecule has 1 aromatic carbocycles. The van der Waals surface area contributed by atoms with Gasteiger partial charge in [-0.05, 0) is 62.1 Å². The Morgan fingerprint density at radius 1 is 0.870 bits per heavy atom. The van der Waals surface area contributed by atoms with Gasteiger partial charge in [0.05, 0.1) is 0 Å². The highest BCUT2D eigenvalue weighted by atomic mass is 35.5. The number of rotatable bonds is 10. The first-order valence-electron chi connectivity index (χ1n) is 9.33. The largest absolute Gasteiger partial charge is 0.508 e. The number of benzene rings is 1. The summed E-state index contributed by atoms with van der Waals surface area (Å²) in [5.41, 5.74) is 0. The second-order valence-corrected chi connectivity index (χ2v) is 11.5. The monoisotopic (exact) mass is 359 g/mol. The fraction of sp³-hybridized carbons (Fsp3) is 0.700. The first-order chi connectivity index (χ1) is 11.0. The van der Waals surface area contributed by atoms with Crippen LogP contribution in [0.15, 0.2) is 24.3 Å². The van der Waals surface area contributed by atoms with Gasteiger partial charge < -0.3 is 5.11 Å². The highest BCUT2D eigenvalue weighted by molar-refractivity contribution is 7.75. The van der Waals surface area contributed by atoms with E-state index in [4.69, 9.17) is 16.7 Å². The minimum atomic E-state index is -0.527. The SMILES string of the molecule is CCCC[P](CC)(CCCC)CCCC.Oc1cccc(Cl)c1. The fourth-order valence-electron chi connectivity index (χ4n) is 2.77. The average molecular weight is 360 g/mol. The maximum Gasteiger partial charge on any atom is 0.117 e. The Morgan fingerprint density at radius 2 is 1.35 bits per heavy atom. The molecular formula is C20H37ClOP. The smallest absolute Gasteiger partial charge is 0.117 e. The summed E-state index contributed by atoms with van der Waals surface area (Å²) in [5, 5.41) is 9.29. The van der Waals surface area contributed by atoms with Crippen LogP contribution in [0.2, 0.25) is 5.02 Å². The number of hydrogen-bond donors (Lipinski definition) is 1. The van der Waals surface area contributed by atoms with Crippen LogP contribution >= 0.6 is 18.9 Å². The molecule has 0 unspecified atom stereocenters. The lowest BCUT2D eigenvalue weighted by molar-refractivity contribution is 0.475. The van der Waals surface area contributed by atoms with Gasteiger partial charge in [-0.15, -0.1) is 7.26 Å². The highest BCUT2D eigenvalue weighted by Gasteiger charge is 2.22. The number of phenols is 1. The third-order valence-electron chi connectivity index (χ3n) is 4.44. The summed E-state index contributed by atoms with van der Waals surface area (Å²) in [4.78, 5) is 0. The number of phenolic OH excluding ortho intramolecular Hbond substituents is 1. The molecule has 0 aromatic heterocycles. The Hall–Kier alpha value is -0.260. The van der Waals surface area contributed by atoms with Crippen LogP contribution in [0.4, 0.5) is 0 Å². The molecule has 0 amide bonds. The lowest BCUT2D eigenvalue weighted by Crippen LogP contribution is -2.11. The summed E-state index contributed by atoms with van der Waals surface area (Å²) in [5.74, 6) is 0.206. The third kappa shape index (κ3) is 11.0. The summed E-state index contributed by atoms with van der Waals surface area (Å²) < 4.78 is 0. The van der Waals surface area contributed by atoms with E-state index in [9.17, 15) is 0 Å². The molecule has 1 aromatic rings. The second-order valence-electron chi connectivity index (χ2n) is 6.37. The van der Waals surface area contributed by atoms with Crippen LogP contribution in [0, 0.1) is 0 Å². The molecule has 3 heteroatoms. The van der Waals surface area contributed by atoms with E-state index in [1.807, 2.05) is 0 Å². The predicted octanol–water partition coefficient (Wildman–Crippen LogP) is 7.47. The quantitative estimate of drug-likeness (QED) is 0.429. The molecule has 1 rings (SSSR count). The number of halogens is 1. The molecule has 0 heterocycles. The van der Waals surface area contributed by atoms with Gasteiger partial charge >= 0.3 is 0 Å². The molecule has 0 aliphatic carbocycles. The molecule has 0 spiro atoms. The van der Waals surface area contributed by atoms with Crippen molar-refractivity contribution in [1.29, 1.82) is 0 Å². The van der Waals surface area contributed by atoms with Gasteiger partial charge in [0.1, 0.15) is 5.75 Å². The molecule has 0 saturated carbocycles. The van der Waals surface area contributed by atoms with E-state index in [1.165, 1.54) is 50.8 Å². The van der Waals surface area contributed by atoms with Crippen LogP contribution in [0.1, 0.15) is 66.2 Å². The maximum atomic E-state index is 8.73. The summed E-state index contributed by atoms with van der Waals surface area (Å²) in [6.07, 6.45) is 14.9. The molecule has 23 heavy (non-hydrogen) atoms. The van der Waals surface area contributed by atoms with E-state index in [0.717, 1.165) is 0 Å². The van der Waals surface area contributed by atoms with Crippen molar-refractivity contribution in [1.82, 2.24) is 0 Å². The molecule has 0 bridgehead atoms. The van der Waals surface area contributed by atoms with Crippen LogP contribution in [0.25, 0.3) is 0 Å². The molecule has 1 N–H and O–H groups in total. The Balaban J connectivity index is 0.000000502. The van der Waals surface area contributed by atoms with Crippen LogP contribution in [0.3, 0.4) is 0 Å². The molecule has 0 fully saturated rings.